The van der Waals surface area contributed by atoms with Crippen LogP contribution >= 0.6 is 22.1 Å². The van der Waals surface area contributed by atoms with E-state index in [0.717, 1.165) is 25.0 Å². The summed E-state index contributed by atoms with van der Waals surface area (Å²) in [4.78, 5) is 13.7. The summed E-state index contributed by atoms with van der Waals surface area (Å²) in [5.74, 6) is 0.185. The molecular formula is C20H20N4O4S2. The zero-order chi connectivity index (χ0) is 21.0. The SMILES string of the molecule is C[C@H]1CCC(=Nn2c(=O)c(C3=NS(O)(O)c4ccccc4N3)c(O)c3sccc32)C1. The summed E-state index contributed by atoms with van der Waals surface area (Å²) in [6.45, 7) is 2.15. The van der Waals surface area contributed by atoms with Gasteiger partial charge in [-0.1, -0.05) is 29.8 Å². The molecule has 1 fully saturated rings. The average molecular weight is 445 g/mol. The molecule has 1 aromatic carbocycles. The Morgan fingerprint density at radius 3 is 2.87 bits per heavy atom. The highest BCUT2D eigenvalue weighted by Gasteiger charge is 2.30. The standard InChI is InChI=1S/C20H20N4O4S2/c1-11-6-7-12(10-11)22-24-14-8-9-29-18(14)17(25)16(20(24)26)19-21-13-4-2-3-5-15(13)30(27,28)23-19/h2-5,8-9,11,25,27-28H,6-7,10H2,1H3,(H,21,23)/t11-/m0/s1. The van der Waals surface area contributed by atoms with E-state index in [4.69, 9.17) is 0 Å². The Morgan fingerprint density at radius 2 is 2.10 bits per heavy atom. The van der Waals surface area contributed by atoms with Crippen molar-refractivity contribution in [3.8, 4) is 5.75 Å². The van der Waals surface area contributed by atoms with Crippen molar-refractivity contribution in [3.63, 3.8) is 0 Å². The van der Waals surface area contributed by atoms with Gasteiger partial charge < -0.3 is 10.4 Å². The highest BCUT2D eigenvalue weighted by Crippen LogP contribution is 2.55. The van der Waals surface area contributed by atoms with Crippen molar-refractivity contribution in [2.24, 2.45) is 15.4 Å². The molecule has 4 N–H and O–H groups in total. The molecule has 3 heterocycles. The Kier molecular flexibility index (Phi) is 4.47. The van der Waals surface area contributed by atoms with Crippen LogP contribution in [0.3, 0.4) is 0 Å². The number of aromatic hydroxyl groups is 1. The summed E-state index contributed by atoms with van der Waals surface area (Å²) < 4.78 is 26.9. The number of nitrogens with zero attached hydrogens (tertiary/aromatic N) is 3. The van der Waals surface area contributed by atoms with Crippen LogP contribution in [0.5, 0.6) is 5.75 Å². The van der Waals surface area contributed by atoms with E-state index in [9.17, 15) is 19.0 Å². The molecule has 1 atom stereocenters. The predicted octanol–water partition coefficient (Wildman–Crippen LogP) is 4.69. The molecule has 3 aromatic rings. The number of para-hydroxylation sites is 1. The van der Waals surface area contributed by atoms with Crippen LogP contribution in [0.2, 0.25) is 0 Å². The summed E-state index contributed by atoms with van der Waals surface area (Å²) in [6.07, 6.45) is 2.67. The van der Waals surface area contributed by atoms with Gasteiger partial charge in [0, 0.05) is 5.71 Å². The lowest BCUT2D eigenvalue weighted by Gasteiger charge is -2.34. The zero-order valence-corrected chi connectivity index (χ0v) is 17.7. The quantitative estimate of drug-likeness (QED) is 0.457. The summed E-state index contributed by atoms with van der Waals surface area (Å²) in [6, 6.07) is 8.38. The predicted molar refractivity (Wildman–Crippen MR) is 121 cm³/mol. The maximum absolute atomic E-state index is 13.4. The van der Waals surface area contributed by atoms with Gasteiger partial charge in [0.2, 0.25) is 0 Å². The van der Waals surface area contributed by atoms with Crippen molar-refractivity contribution in [1.82, 2.24) is 4.68 Å². The average Bonchev–Trinajstić information content (AvgIpc) is 3.34. The number of hydrogen-bond donors (Lipinski definition) is 4. The number of rotatable bonds is 2. The van der Waals surface area contributed by atoms with Crippen LogP contribution in [-0.4, -0.2) is 30.4 Å². The first-order valence-corrected chi connectivity index (χ1v) is 11.9. The number of aromatic nitrogens is 1. The lowest BCUT2D eigenvalue weighted by atomic mass is 10.1. The first kappa shape index (κ1) is 19.3. The minimum absolute atomic E-state index is 0.0831. The lowest BCUT2D eigenvalue weighted by molar-refractivity contribution is 0.478. The third-order valence-electron chi connectivity index (χ3n) is 5.37. The number of nitrogens with one attached hydrogen (secondary N) is 1. The number of fused-ring (bicyclic) bond motifs is 2. The lowest BCUT2D eigenvalue weighted by Crippen LogP contribution is -2.31. The molecule has 0 amide bonds. The molecule has 0 unspecified atom stereocenters. The summed E-state index contributed by atoms with van der Waals surface area (Å²) in [5, 5.41) is 20.2. The van der Waals surface area contributed by atoms with E-state index in [2.05, 4.69) is 21.7 Å². The number of thiophene rings is 1. The third-order valence-corrected chi connectivity index (χ3v) is 7.67. The molecule has 0 radical (unpaired) electrons. The van der Waals surface area contributed by atoms with Crippen molar-refractivity contribution < 1.29 is 14.2 Å². The van der Waals surface area contributed by atoms with E-state index in [1.165, 1.54) is 16.0 Å². The number of amidine groups is 1. The number of anilines is 1. The normalized spacial score (nSPS) is 22.6. The van der Waals surface area contributed by atoms with E-state index in [0.29, 0.717) is 21.8 Å². The maximum atomic E-state index is 13.4. The van der Waals surface area contributed by atoms with Gasteiger partial charge in [-0.05, 0) is 48.8 Å². The Balaban J connectivity index is 1.73. The smallest absolute Gasteiger partial charge is 0.286 e. The Hall–Kier alpha value is -2.66. The van der Waals surface area contributed by atoms with Crippen molar-refractivity contribution in [2.75, 3.05) is 5.32 Å². The summed E-state index contributed by atoms with van der Waals surface area (Å²) in [7, 11) is -3.52. The van der Waals surface area contributed by atoms with Gasteiger partial charge in [-0.3, -0.25) is 13.9 Å². The fourth-order valence-corrected chi connectivity index (χ4v) is 5.87. The molecule has 0 saturated heterocycles. The van der Waals surface area contributed by atoms with Gasteiger partial charge in [0.15, 0.2) is 11.6 Å². The monoisotopic (exact) mass is 444 g/mol. The Labute approximate surface area is 177 Å². The van der Waals surface area contributed by atoms with E-state index in [-0.39, 0.29) is 22.0 Å². The molecule has 0 bridgehead atoms. The summed E-state index contributed by atoms with van der Waals surface area (Å²) >= 11 is 1.28. The molecule has 5 rings (SSSR count). The molecule has 1 saturated carbocycles. The number of hydrogen-bond acceptors (Lipinski definition) is 8. The van der Waals surface area contributed by atoms with Crippen molar-refractivity contribution in [2.45, 2.75) is 31.1 Å². The Bertz CT molecular complexity index is 1290. The molecule has 2 aromatic heterocycles. The Morgan fingerprint density at radius 1 is 1.30 bits per heavy atom. The van der Waals surface area contributed by atoms with E-state index in [1.807, 2.05) is 0 Å². The third kappa shape index (κ3) is 3.03. The van der Waals surface area contributed by atoms with Crippen LogP contribution in [0, 0.1) is 5.92 Å². The fraction of sp³-hybridized carbons (Fsp3) is 0.250. The first-order valence-electron chi connectivity index (χ1n) is 9.51. The molecule has 8 nitrogen and oxygen atoms in total. The van der Waals surface area contributed by atoms with Crippen LogP contribution in [-0.2, 0) is 0 Å². The molecule has 0 spiro atoms. The van der Waals surface area contributed by atoms with Crippen molar-refractivity contribution in [3.05, 3.63) is 51.6 Å². The van der Waals surface area contributed by atoms with Gasteiger partial charge in [0.1, 0.15) is 10.5 Å². The highest BCUT2D eigenvalue weighted by molar-refractivity contribution is 8.23. The van der Waals surface area contributed by atoms with E-state index < -0.39 is 16.3 Å². The molecule has 2 aliphatic rings. The van der Waals surface area contributed by atoms with Gasteiger partial charge in [0.25, 0.3) is 5.56 Å². The second-order valence-corrected chi connectivity index (χ2v) is 10.1. The summed E-state index contributed by atoms with van der Waals surface area (Å²) in [5.41, 5.74) is 1.18. The molecule has 30 heavy (non-hydrogen) atoms. The number of pyridine rings is 1. The molecular weight excluding hydrogens is 424 g/mol. The van der Waals surface area contributed by atoms with E-state index in [1.54, 1.807) is 35.7 Å². The van der Waals surface area contributed by atoms with Gasteiger partial charge in [-0.15, -0.1) is 15.7 Å². The minimum atomic E-state index is -3.52. The second kappa shape index (κ2) is 6.95. The van der Waals surface area contributed by atoms with Crippen LogP contribution in [0.4, 0.5) is 5.69 Å². The molecule has 156 valence electrons. The van der Waals surface area contributed by atoms with Gasteiger partial charge in [0.05, 0.1) is 15.9 Å². The number of benzene rings is 1. The van der Waals surface area contributed by atoms with Gasteiger partial charge in [-0.2, -0.15) is 9.78 Å². The largest absolute Gasteiger partial charge is 0.505 e. The maximum Gasteiger partial charge on any atom is 0.286 e. The minimum Gasteiger partial charge on any atom is -0.505 e. The van der Waals surface area contributed by atoms with Gasteiger partial charge >= 0.3 is 0 Å². The van der Waals surface area contributed by atoms with Crippen molar-refractivity contribution >= 4 is 49.6 Å². The van der Waals surface area contributed by atoms with Gasteiger partial charge in [-0.25, -0.2) is 0 Å². The molecule has 1 aliphatic carbocycles. The molecule has 1 aliphatic heterocycles. The second-order valence-electron chi connectivity index (χ2n) is 7.57. The van der Waals surface area contributed by atoms with Crippen LogP contribution in [0.25, 0.3) is 10.2 Å². The van der Waals surface area contributed by atoms with Crippen molar-refractivity contribution in [1.29, 1.82) is 0 Å². The first-order chi connectivity index (χ1) is 14.3. The topological polar surface area (TPSA) is 119 Å². The van der Waals surface area contributed by atoms with Crippen LogP contribution < -0.4 is 10.9 Å². The fourth-order valence-electron chi connectivity index (χ4n) is 3.88. The van der Waals surface area contributed by atoms with Crippen LogP contribution in [0.1, 0.15) is 31.7 Å². The zero-order valence-electron chi connectivity index (χ0n) is 16.1. The highest BCUT2D eigenvalue weighted by atomic mass is 32.3. The molecule has 10 heteroatoms. The van der Waals surface area contributed by atoms with Crippen LogP contribution in [0.15, 0.2) is 54.9 Å². The van der Waals surface area contributed by atoms with E-state index >= 15 is 0 Å².